The number of benzene rings is 2. The molecule has 0 saturated heterocycles. The average molecular weight is 316 g/mol. The summed E-state index contributed by atoms with van der Waals surface area (Å²) in [6.45, 7) is 0. The minimum absolute atomic E-state index is 0.100. The van der Waals surface area contributed by atoms with E-state index in [1.807, 2.05) is 30.5 Å². The van der Waals surface area contributed by atoms with Crippen molar-refractivity contribution < 1.29 is 4.79 Å². The molecule has 0 aliphatic carbocycles. The first-order valence-electron chi connectivity index (χ1n) is 6.44. The third kappa shape index (κ3) is 4.10. The second-order valence-corrected chi connectivity index (χ2v) is 5.92. The van der Waals surface area contributed by atoms with E-state index in [2.05, 4.69) is 6.07 Å². The molecule has 1 unspecified atom stereocenters. The van der Waals surface area contributed by atoms with E-state index in [1.54, 1.807) is 36.0 Å². The normalized spacial score (nSPS) is 11.7. The molecule has 106 valence electrons. The van der Waals surface area contributed by atoms with Crippen molar-refractivity contribution in [3.63, 3.8) is 0 Å². The van der Waals surface area contributed by atoms with Gasteiger partial charge in [-0.2, -0.15) is 5.26 Å². The van der Waals surface area contributed by atoms with E-state index in [9.17, 15) is 10.1 Å². The molecule has 2 nitrogen and oxygen atoms in total. The molecule has 0 saturated carbocycles. The van der Waals surface area contributed by atoms with E-state index in [-0.39, 0.29) is 12.2 Å². The number of Topliss-reactive ketones (excluding diaryl/α,β-unsaturated/α-hetero) is 1. The van der Waals surface area contributed by atoms with Crippen LogP contribution < -0.4 is 0 Å². The fourth-order valence-corrected chi connectivity index (χ4v) is 2.57. The molecule has 2 aromatic carbocycles. The lowest BCUT2D eigenvalue weighted by atomic mass is 9.92. The SMILES string of the molecule is CSc1ccc(CC(=O)C(C#N)c2ccc(Cl)cc2)cc1. The Morgan fingerprint density at radius 3 is 2.33 bits per heavy atom. The Morgan fingerprint density at radius 1 is 1.19 bits per heavy atom. The molecular weight excluding hydrogens is 302 g/mol. The summed E-state index contributed by atoms with van der Waals surface area (Å²) in [6.07, 6.45) is 2.27. The van der Waals surface area contributed by atoms with Crippen LogP contribution in [0, 0.1) is 11.3 Å². The number of hydrogen-bond donors (Lipinski definition) is 0. The number of nitrogens with zero attached hydrogens (tertiary/aromatic N) is 1. The number of carbonyl (C=O) groups excluding carboxylic acids is 1. The maximum Gasteiger partial charge on any atom is 0.158 e. The quantitative estimate of drug-likeness (QED) is 0.764. The Kier molecular flexibility index (Phi) is 5.44. The zero-order valence-electron chi connectivity index (χ0n) is 11.5. The standard InChI is InChI=1S/C17H14ClNOS/c1-21-15-8-2-12(3-9-15)10-17(20)16(11-19)13-4-6-14(18)7-5-13/h2-9,16H,10H2,1H3. The van der Waals surface area contributed by atoms with Gasteiger partial charge in [0.15, 0.2) is 5.78 Å². The van der Waals surface area contributed by atoms with Crippen molar-refractivity contribution in [3.8, 4) is 6.07 Å². The van der Waals surface area contributed by atoms with Gasteiger partial charge in [0, 0.05) is 16.3 Å². The number of nitriles is 1. The van der Waals surface area contributed by atoms with Gasteiger partial charge < -0.3 is 0 Å². The van der Waals surface area contributed by atoms with Crippen LogP contribution in [0.5, 0.6) is 0 Å². The van der Waals surface area contributed by atoms with E-state index < -0.39 is 5.92 Å². The van der Waals surface area contributed by atoms with Gasteiger partial charge in [-0.05, 0) is 41.6 Å². The summed E-state index contributed by atoms with van der Waals surface area (Å²) in [4.78, 5) is 13.5. The molecule has 0 bridgehead atoms. The summed E-state index contributed by atoms with van der Waals surface area (Å²) in [5.41, 5.74) is 1.61. The number of rotatable bonds is 5. The third-order valence-electron chi connectivity index (χ3n) is 3.19. The van der Waals surface area contributed by atoms with Crippen molar-refractivity contribution in [1.29, 1.82) is 5.26 Å². The minimum Gasteiger partial charge on any atom is -0.297 e. The van der Waals surface area contributed by atoms with Gasteiger partial charge >= 0.3 is 0 Å². The van der Waals surface area contributed by atoms with Crippen LogP contribution in [0.3, 0.4) is 0 Å². The molecule has 0 radical (unpaired) electrons. The van der Waals surface area contributed by atoms with Crippen molar-refractivity contribution in [2.24, 2.45) is 0 Å². The fourth-order valence-electron chi connectivity index (χ4n) is 2.03. The summed E-state index contributed by atoms with van der Waals surface area (Å²) < 4.78 is 0. The van der Waals surface area contributed by atoms with Gasteiger partial charge in [-0.3, -0.25) is 4.79 Å². The van der Waals surface area contributed by atoms with Crippen molar-refractivity contribution in [1.82, 2.24) is 0 Å². The molecule has 0 N–H and O–H groups in total. The van der Waals surface area contributed by atoms with Gasteiger partial charge in [-0.1, -0.05) is 35.9 Å². The molecule has 0 spiro atoms. The van der Waals surface area contributed by atoms with E-state index in [0.29, 0.717) is 10.6 Å². The summed E-state index contributed by atoms with van der Waals surface area (Å²) in [6, 6.07) is 16.8. The third-order valence-corrected chi connectivity index (χ3v) is 4.19. The molecule has 0 aliphatic rings. The molecule has 2 aromatic rings. The van der Waals surface area contributed by atoms with Crippen LogP contribution in [0.1, 0.15) is 17.0 Å². The highest BCUT2D eigenvalue weighted by Gasteiger charge is 2.20. The molecule has 0 fully saturated rings. The molecule has 2 rings (SSSR count). The molecule has 0 amide bonds. The summed E-state index contributed by atoms with van der Waals surface area (Å²) in [5, 5.41) is 9.87. The van der Waals surface area contributed by atoms with Crippen LogP contribution in [-0.2, 0) is 11.2 Å². The van der Waals surface area contributed by atoms with Gasteiger partial charge in [0.1, 0.15) is 5.92 Å². The Balaban J connectivity index is 2.13. The second kappa shape index (κ2) is 7.31. The lowest BCUT2D eigenvalue weighted by Crippen LogP contribution is -2.13. The van der Waals surface area contributed by atoms with E-state index >= 15 is 0 Å². The molecule has 0 aliphatic heterocycles. The van der Waals surface area contributed by atoms with Crippen molar-refractivity contribution in [2.75, 3.05) is 6.26 Å². The minimum atomic E-state index is -0.748. The molecule has 0 aromatic heterocycles. The van der Waals surface area contributed by atoms with Crippen LogP contribution in [0.25, 0.3) is 0 Å². The lowest BCUT2D eigenvalue weighted by Gasteiger charge is -2.09. The maximum absolute atomic E-state index is 12.3. The smallest absolute Gasteiger partial charge is 0.158 e. The zero-order chi connectivity index (χ0) is 15.2. The Bertz CT molecular complexity index is 659. The molecule has 4 heteroatoms. The lowest BCUT2D eigenvalue weighted by molar-refractivity contribution is -0.118. The number of ketones is 1. The monoisotopic (exact) mass is 315 g/mol. The highest BCUT2D eigenvalue weighted by Crippen LogP contribution is 2.21. The molecule has 21 heavy (non-hydrogen) atoms. The predicted octanol–water partition coefficient (Wildman–Crippen LogP) is 4.48. The highest BCUT2D eigenvalue weighted by atomic mass is 35.5. The largest absolute Gasteiger partial charge is 0.297 e. The van der Waals surface area contributed by atoms with Crippen LogP contribution in [0.4, 0.5) is 0 Å². The van der Waals surface area contributed by atoms with Gasteiger partial charge in [-0.15, -0.1) is 11.8 Å². The predicted molar refractivity (Wildman–Crippen MR) is 86.7 cm³/mol. The van der Waals surface area contributed by atoms with Gasteiger partial charge in [0.25, 0.3) is 0 Å². The zero-order valence-corrected chi connectivity index (χ0v) is 13.1. The van der Waals surface area contributed by atoms with Crippen LogP contribution in [0.2, 0.25) is 5.02 Å². The second-order valence-electron chi connectivity index (χ2n) is 4.60. The topological polar surface area (TPSA) is 40.9 Å². The van der Waals surface area contributed by atoms with Crippen molar-refractivity contribution in [2.45, 2.75) is 17.2 Å². The number of halogens is 1. The molecule has 1 atom stereocenters. The first-order valence-corrected chi connectivity index (χ1v) is 8.05. The van der Waals surface area contributed by atoms with Gasteiger partial charge in [0.2, 0.25) is 0 Å². The Hall–Kier alpha value is -1.76. The Labute approximate surface area is 133 Å². The Morgan fingerprint density at radius 2 is 1.81 bits per heavy atom. The van der Waals surface area contributed by atoms with E-state index in [0.717, 1.165) is 10.5 Å². The van der Waals surface area contributed by atoms with Gasteiger partial charge in [-0.25, -0.2) is 0 Å². The van der Waals surface area contributed by atoms with Crippen LogP contribution in [-0.4, -0.2) is 12.0 Å². The fraction of sp³-hybridized carbons (Fsp3) is 0.176. The number of hydrogen-bond acceptors (Lipinski definition) is 3. The first kappa shape index (κ1) is 15.6. The molecule has 0 heterocycles. The number of thioether (sulfide) groups is 1. The maximum atomic E-state index is 12.3. The van der Waals surface area contributed by atoms with Gasteiger partial charge in [0.05, 0.1) is 6.07 Å². The summed E-state index contributed by atoms with van der Waals surface area (Å²) in [5.74, 6) is -0.848. The average Bonchev–Trinajstić information content (AvgIpc) is 2.50. The van der Waals surface area contributed by atoms with Crippen LogP contribution >= 0.6 is 23.4 Å². The highest BCUT2D eigenvalue weighted by molar-refractivity contribution is 7.98. The molecular formula is C17H14ClNOS. The van der Waals surface area contributed by atoms with Crippen LogP contribution in [0.15, 0.2) is 53.4 Å². The van der Waals surface area contributed by atoms with E-state index in [1.165, 1.54) is 0 Å². The van der Waals surface area contributed by atoms with Crippen molar-refractivity contribution in [3.05, 3.63) is 64.7 Å². The summed E-state index contributed by atoms with van der Waals surface area (Å²) >= 11 is 7.48. The first-order chi connectivity index (χ1) is 10.1. The number of carbonyl (C=O) groups is 1. The van der Waals surface area contributed by atoms with Crippen molar-refractivity contribution >= 4 is 29.1 Å². The summed E-state index contributed by atoms with van der Waals surface area (Å²) in [7, 11) is 0. The van der Waals surface area contributed by atoms with E-state index in [4.69, 9.17) is 11.6 Å².